The van der Waals surface area contributed by atoms with Crippen LogP contribution in [0.15, 0.2) is 0 Å². The van der Waals surface area contributed by atoms with Crippen LogP contribution in [0.2, 0.25) is 0 Å². The van der Waals surface area contributed by atoms with Crippen LogP contribution >= 0.6 is 7.82 Å². The van der Waals surface area contributed by atoms with Gasteiger partial charge < -0.3 is 16.4 Å². The molecule has 0 heterocycles. The average Bonchev–Trinajstić information content (AvgIpc) is 2.58. The summed E-state index contributed by atoms with van der Waals surface area (Å²) >= 11 is -98.5. The molecule has 344 valence electrons. The normalized spacial score (nSPS) is 14.8. The van der Waals surface area contributed by atoms with Gasteiger partial charge in [-0.15, -0.1) is 0 Å². The van der Waals surface area contributed by atoms with Crippen molar-refractivity contribution >= 4 is 7.82 Å². The van der Waals surface area contributed by atoms with Crippen molar-refractivity contribution in [2.24, 2.45) is 0 Å². The van der Waals surface area contributed by atoms with Crippen LogP contribution in [0, 0.1) is 0 Å². The van der Waals surface area contributed by atoms with Gasteiger partial charge in [0.1, 0.15) is 0 Å². The monoisotopic (exact) mass is 1900 g/mol. The minimum absolute atomic E-state index is 0. The van der Waals surface area contributed by atoms with Crippen molar-refractivity contribution in [3.05, 3.63) is 0 Å². The second-order valence-corrected chi connectivity index (χ2v) is 55.7. The first-order chi connectivity index (χ1) is 22.5. The molecule has 0 atom stereocenters. The summed E-state index contributed by atoms with van der Waals surface area (Å²) in [7, 11) is -7.94. The zero-order valence-corrected chi connectivity index (χ0v) is 48.2. The first-order valence-corrected chi connectivity index (χ1v) is 49.5. The molecule has 6 N–H and O–H groups in total. The summed E-state index contributed by atoms with van der Waals surface area (Å²) in [6.45, 7) is 0. The standard InChI is InChI=1S/12Mo.H3O4P.3H2O.36O/c;;;;;;;;;;;;1-5(2,3)4;;;;;;;;;;;;;;;;;;;;;;;;;;;;;;;;;;;;;;;/h;;;;;;;;;;;;(H3,1,2,3,4);3*1H2;;;;;;;;;;;;;;;;;;;;;;;;;;;;;;;;;;;;/q;;;;;;;;;3*+1;;;;;;;;;;;;;;;;;;;;;;;;;;;;;;;;;;;;;;3*-1/p-3. The predicted molar refractivity (Wildman–Crippen MR) is 47.9 cm³/mol. The summed E-state index contributed by atoms with van der Waals surface area (Å²) in [5.74, 6) is 0. The molecule has 0 radical (unpaired) electrons. The zero-order chi connectivity index (χ0) is 43.0. The van der Waals surface area contributed by atoms with E-state index in [0.717, 1.165) is 0 Å². The topological polar surface area (TPSA) is 701 Å². The Morgan fingerprint density at radius 3 is 0.518 bits per heavy atom. The quantitative estimate of drug-likeness (QED) is 0.0640. The Labute approximate surface area is 344 Å². The summed E-state index contributed by atoms with van der Waals surface area (Å²) in [5, 5.41) is 0. The third-order valence-corrected chi connectivity index (χ3v) is 62.2. The summed E-state index contributed by atoms with van der Waals surface area (Å²) in [6, 6.07) is 0. The Morgan fingerprint density at radius 1 is 0.250 bits per heavy atom. The predicted octanol–water partition coefficient (Wildman–Crippen LogP) is -9.00. The Hall–Kier alpha value is 2.97. The number of hydrogen-bond donors (Lipinski definition) is 0. The molecular formula is H6Mo12O43P-3. The first-order valence-electron chi connectivity index (χ1n) is 8.73. The number of hydrogen-bond acceptors (Lipinski definition) is 40. The van der Waals surface area contributed by atoms with Crippen molar-refractivity contribution in [3.63, 3.8) is 0 Å². The minimum atomic E-state index is -8.82. The van der Waals surface area contributed by atoms with Gasteiger partial charge in [-0.2, -0.15) is 0 Å². The zero-order valence-electron chi connectivity index (χ0n) is 23.2. The molecule has 0 aliphatic rings. The Morgan fingerprint density at radius 2 is 0.375 bits per heavy atom. The molecular weight excluding hydrogens is 1870 g/mol. The van der Waals surface area contributed by atoms with Gasteiger partial charge in [0.2, 0.25) is 0 Å². The van der Waals surface area contributed by atoms with Crippen molar-refractivity contribution in [1.29, 1.82) is 0 Å². The summed E-state index contributed by atoms with van der Waals surface area (Å²) < 4.78 is 351. The molecule has 0 aromatic heterocycles. The molecule has 43 nitrogen and oxygen atoms in total. The Bertz CT molecular complexity index is 2510. The van der Waals surface area contributed by atoms with Crippen LogP contribution in [0.4, 0.5) is 0 Å². The molecule has 0 unspecified atom stereocenters. The summed E-state index contributed by atoms with van der Waals surface area (Å²) in [5.41, 5.74) is 0. The SMILES string of the molecule is O.O.O.O=P([O][Mo](=[O])(=[O])[O][Mo](=[O])(=[O])[O][Mo](=[O])(=[O])[O][Mo](=[O])(=[O])[O-])([O][Mo](=[O])(=[O])[O][Mo](=[O])(=[O])[O][Mo](=[O])(=[O])[O][Mo](=[O])(=[O])[O-])[O][Mo](=[O])(=[O])[O][Mo](=[O])(=[O])[O][Mo](=[O])(=[O])[O][Mo](=[O])(=[O])[O-]. The van der Waals surface area contributed by atoms with Crippen LogP contribution in [-0.4, -0.2) is 16.4 Å². The van der Waals surface area contributed by atoms with Gasteiger partial charge in [-0.25, -0.2) is 0 Å². The van der Waals surface area contributed by atoms with Crippen LogP contribution in [0.5, 0.6) is 0 Å². The van der Waals surface area contributed by atoms with E-state index in [9.17, 15) is 97.4 Å². The van der Waals surface area contributed by atoms with E-state index in [1.165, 1.54) is 0 Å². The van der Waals surface area contributed by atoms with Gasteiger partial charge in [-0.05, 0) is 0 Å². The van der Waals surface area contributed by atoms with Crippen LogP contribution < -0.4 is 11.3 Å². The van der Waals surface area contributed by atoms with Crippen molar-refractivity contribution in [3.8, 4) is 0 Å². The van der Waals surface area contributed by atoms with E-state index in [1.807, 2.05) is 0 Å². The van der Waals surface area contributed by atoms with Gasteiger partial charge >= 0.3 is 334 Å². The molecule has 0 aliphatic carbocycles. The van der Waals surface area contributed by atoms with E-state index < -0.39 is 209 Å². The van der Waals surface area contributed by atoms with Gasteiger partial charge in [0.25, 0.3) is 0 Å². The molecule has 56 heavy (non-hydrogen) atoms. The van der Waals surface area contributed by atoms with E-state index in [-0.39, 0.29) is 16.4 Å². The van der Waals surface area contributed by atoms with E-state index >= 15 is 0 Å². The van der Waals surface area contributed by atoms with E-state index in [2.05, 4.69) is 27.9 Å². The van der Waals surface area contributed by atoms with Crippen molar-refractivity contribution in [2.45, 2.75) is 0 Å². The molecule has 0 saturated carbocycles. The molecule has 56 heteroatoms. The molecule has 0 amide bonds. The number of phosphoric acid groups is 1. The molecule has 0 rings (SSSR count). The number of rotatable bonds is 24. The van der Waals surface area contributed by atoms with Crippen LogP contribution in [0.3, 0.4) is 0 Å². The maximum atomic E-state index is 12.7. The average molecular weight is 1880 g/mol. The third kappa shape index (κ3) is 31.8. The molecule has 0 bridgehead atoms. The van der Waals surface area contributed by atoms with Crippen molar-refractivity contribution < 1.29 is 343 Å². The van der Waals surface area contributed by atoms with Gasteiger partial charge in [0.15, 0.2) is 0 Å². The molecule has 0 fully saturated rings. The second-order valence-electron chi connectivity index (χ2n) is 6.18. The molecule has 0 saturated heterocycles. The third-order valence-electron chi connectivity index (χ3n) is 2.05. The van der Waals surface area contributed by atoms with E-state index in [4.69, 9.17) is 0 Å². The van der Waals surface area contributed by atoms with Gasteiger partial charge in [-0.3, -0.25) is 0 Å². The first kappa shape index (κ1) is 65.6. The van der Waals surface area contributed by atoms with Gasteiger partial charge in [0.05, 0.1) is 0 Å². The molecule has 0 aliphatic heterocycles. The van der Waals surface area contributed by atoms with Crippen LogP contribution in [0.1, 0.15) is 0 Å². The van der Waals surface area contributed by atoms with Gasteiger partial charge in [0, 0.05) is 0 Å². The van der Waals surface area contributed by atoms with E-state index in [0.29, 0.717) is 0 Å². The summed E-state index contributed by atoms with van der Waals surface area (Å²) in [6.07, 6.45) is 0. The van der Waals surface area contributed by atoms with Crippen molar-refractivity contribution in [1.82, 2.24) is 0 Å². The van der Waals surface area contributed by atoms with Gasteiger partial charge in [-0.1, -0.05) is 0 Å². The molecule has 0 aromatic rings. The van der Waals surface area contributed by atoms with E-state index in [1.54, 1.807) is 0 Å². The van der Waals surface area contributed by atoms with Crippen LogP contribution in [0.25, 0.3) is 0 Å². The summed E-state index contributed by atoms with van der Waals surface area (Å²) in [4.78, 5) is 0. The Balaban J connectivity index is -0.00000451. The van der Waals surface area contributed by atoms with Crippen LogP contribution in [-0.2, 0) is 315 Å². The second kappa shape index (κ2) is 21.8. The molecule has 0 spiro atoms. The fraction of sp³-hybridized carbons (Fsp3) is 0. The Kier molecular flexibility index (Phi) is 25.5. The fourth-order valence-electron chi connectivity index (χ4n) is 1.40. The maximum absolute atomic E-state index is 12.7. The molecule has 0 aromatic carbocycles. The van der Waals surface area contributed by atoms with Crippen molar-refractivity contribution in [2.75, 3.05) is 0 Å². The fourth-order valence-corrected chi connectivity index (χ4v) is 60.0.